The first-order chi connectivity index (χ1) is 5.66. The van der Waals surface area contributed by atoms with Crippen LogP contribution in [-0.4, -0.2) is 4.98 Å². The van der Waals surface area contributed by atoms with Gasteiger partial charge in [-0.25, -0.2) is 0 Å². The number of hydrogen-bond acceptors (Lipinski definition) is 2. The molecule has 0 aliphatic carbocycles. The molecule has 0 amide bonds. The molecule has 0 bridgehead atoms. The Morgan fingerprint density at radius 2 is 2.25 bits per heavy atom. The molecule has 1 aromatic carbocycles. The van der Waals surface area contributed by atoms with Crippen LogP contribution in [0.15, 0.2) is 16.9 Å². The van der Waals surface area contributed by atoms with Gasteiger partial charge in [0, 0.05) is 0 Å². The summed E-state index contributed by atoms with van der Waals surface area (Å²) < 4.78 is 1.03. The zero-order valence-corrected chi connectivity index (χ0v) is 8.52. The highest BCUT2D eigenvalue weighted by atomic mass is 32.1. The Morgan fingerprint density at radius 3 is 3.00 bits per heavy atom. The van der Waals surface area contributed by atoms with Crippen LogP contribution in [0.5, 0.6) is 0 Å². The molecular formula is C8H8NOPS. The Balaban J connectivity index is 2.92. The van der Waals surface area contributed by atoms with Crippen molar-refractivity contribution >= 4 is 36.1 Å². The van der Waals surface area contributed by atoms with E-state index in [9.17, 15) is 4.79 Å². The summed E-state index contributed by atoms with van der Waals surface area (Å²) in [5.41, 5.74) is 2.13. The number of fused-ring (bicyclic) bond motifs is 1. The third-order valence-electron chi connectivity index (χ3n) is 1.81. The Morgan fingerprint density at radius 1 is 1.50 bits per heavy atom. The second kappa shape index (κ2) is 2.68. The fraction of sp³-hybridized carbons (Fsp3) is 0.125. The van der Waals surface area contributed by atoms with Crippen molar-refractivity contribution in [2.24, 2.45) is 0 Å². The van der Waals surface area contributed by atoms with Crippen LogP contribution in [0, 0.1) is 6.92 Å². The molecule has 0 saturated heterocycles. The molecule has 1 atom stereocenters. The summed E-state index contributed by atoms with van der Waals surface area (Å²) in [5.74, 6) is 0. The van der Waals surface area contributed by atoms with E-state index in [4.69, 9.17) is 0 Å². The topological polar surface area (TPSA) is 32.9 Å². The number of rotatable bonds is 0. The molecular weight excluding hydrogens is 189 g/mol. The van der Waals surface area contributed by atoms with E-state index in [0.29, 0.717) is 0 Å². The van der Waals surface area contributed by atoms with Gasteiger partial charge in [-0.15, -0.1) is 9.24 Å². The van der Waals surface area contributed by atoms with Crippen LogP contribution in [-0.2, 0) is 0 Å². The van der Waals surface area contributed by atoms with E-state index >= 15 is 0 Å². The van der Waals surface area contributed by atoms with E-state index in [-0.39, 0.29) is 4.87 Å². The quantitative estimate of drug-likeness (QED) is 0.636. The third-order valence-corrected chi connectivity index (χ3v) is 3.27. The molecule has 2 rings (SSSR count). The minimum absolute atomic E-state index is 0.0139. The molecule has 0 radical (unpaired) electrons. The van der Waals surface area contributed by atoms with E-state index in [0.717, 1.165) is 15.5 Å². The highest BCUT2D eigenvalue weighted by Gasteiger charge is 2.00. The van der Waals surface area contributed by atoms with E-state index in [1.54, 1.807) is 0 Å². The zero-order chi connectivity index (χ0) is 8.72. The van der Waals surface area contributed by atoms with E-state index in [1.165, 1.54) is 16.9 Å². The van der Waals surface area contributed by atoms with Crippen molar-refractivity contribution in [3.05, 3.63) is 27.4 Å². The Kier molecular flexibility index (Phi) is 1.78. The SMILES string of the molecule is Cc1cc2sc(=O)[nH]c2cc1P. The van der Waals surface area contributed by atoms with Gasteiger partial charge in [0.15, 0.2) is 0 Å². The number of hydrogen-bond donors (Lipinski definition) is 1. The Hall–Kier alpha value is -0.660. The number of aromatic amines is 1. The first-order valence-corrected chi connectivity index (χ1v) is 4.95. The Bertz CT molecular complexity index is 443. The molecule has 0 aliphatic rings. The molecule has 12 heavy (non-hydrogen) atoms. The lowest BCUT2D eigenvalue weighted by molar-refractivity contribution is 1.41. The summed E-state index contributed by atoms with van der Waals surface area (Å²) in [5, 5.41) is 1.14. The first-order valence-electron chi connectivity index (χ1n) is 3.56. The van der Waals surface area contributed by atoms with Crippen molar-refractivity contribution in [2.45, 2.75) is 6.92 Å². The van der Waals surface area contributed by atoms with Gasteiger partial charge in [0.05, 0.1) is 10.2 Å². The van der Waals surface area contributed by atoms with Crippen LogP contribution in [0.1, 0.15) is 5.56 Å². The average Bonchev–Trinajstić information content (AvgIpc) is 2.30. The second-order valence-electron chi connectivity index (χ2n) is 2.72. The monoisotopic (exact) mass is 197 g/mol. The lowest BCUT2D eigenvalue weighted by atomic mass is 10.2. The highest BCUT2D eigenvalue weighted by molar-refractivity contribution is 7.27. The zero-order valence-electron chi connectivity index (χ0n) is 6.55. The standard InChI is InChI=1S/C8H8NOPS/c1-4-2-7-5(3-6(4)11)9-8(10)12-7/h2-3H,11H2,1H3,(H,9,10). The normalized spacial score (nSPS) is 10.8. The summed E-state index contributed by atoms with van der Waals surface area (Å²) >= 11 is 1.25. The summed E-state index contributed by atoms with van der Waals surface area (Å²) in [4.78, 5) is 13.8. The van der Waals surface area contributed by atoms with Gasteiger partial charge in [0.2, 0.25) is 0 Å². The van der Waals surface area contributed by atoms with Crippen LogP contribution in [0.2, 0.25) is 0 Å². The van der Waals surface area contributed by atoms with E-state index in [1.807, 2.05) is 19.1 Å². The van der Waals surface area contributed by atoms with Crippen LogP contribution in [0.4, 0.5) is 0 Å². The fourth-order valence-electron chi connectivity index (χ4n) is 1.12. The molecule has 0 saturated carbocycles. The molecule has 1 unspecified atom stereocenters. The summed E-state index contributed by atoms with van der Waals surface area (Å²) in [6.45, 7) is 2.03. The van der Waals surface area contributed by atoms with Gasteiger partial charge in [0.1, 0.15) is 0 Å². The smallest absolute Gasteiger partial charge is 0.305 e. The lowest BCUT2D eigenvalue weighted by Gasteiger charge is -1.97. The van der Waals surface area contributed by atoms with Crippen LogP contribution >= 0.6 is 20.6 Å². The largest absolute Gasteiger partial charge is 0.312 e. The molecule has 1 heterocycles. The predicted octanol–water partition coefficient (Wildman–Crippen LogP) is 1.40. The number of nitrogens with one attached hydrogen (secondary N) is 1. The van der Waals surface area contributed by atoms with Gasteiger partial charge in [-0.2, -0.15) is 0 Å². The number of aryl methyl sites for hydroxylation is 1. The van der Waals surface area contributed by atoms with Crippen LogP contribution in [0.3, 0.4) is 0 Å². The molecule has 1 aromatic heterocycles. The lowest BCUT2D eigenvalue weighted by Crippen LogP contribution is -1.95. The molecule has 62 valence electrons. The fourth-order valence-corrected chi connectivity index (χ4v) is 2.18. The van der Waals surface area contributed by atoms with Gasteiger partial charge in [-0.05, 0) is 29.9 Å². The summed E-state index contributed by atoms with van der Waals surface area (Å²) in [6, 6.07) is 4.01. The van der Waals surface area contributed by atoms with E-state index < -0.39 is 0 Å². The minimum atomic E-state index is 0.0139. The van der Waals surface area contributed by atoms with Crippen molar-refractivity contribution in [3.8, 4) is 0 Å². The maximum Gasteiger partial charge on any atom is 0.305 e. The molecule has 0 aliphatic heterocycles. The molecule has 0 spiro atoms. The van der Waals surface area contributed by atoms with Crippen LogP contribution in [0.25, 0.3) is 10.2 Å². The van der Waals surface area contributed by atoms with Crippen molar-refractivity contribution < 1.29 is 0 Å². The van der Waals surface area contributed by atoms with Gasteiger partial charge in [-0.1, -0.05) is 11.3 Å². The number of benzene rings is 1. The van der Waals surface area contributed by atoms with Crippen LogP contribution < -0.4 is 10.2 Å². The minimum Gasteiger partial charge on any atom is -0.312 e. The molecule has 4 heteroatoms. The van der Waals surface area contributed by atoms with E-state index in [2.05, 4.69) is 14.2 Å². The molecule has 2 nitrogen and oxygen atoms in total. The maximum atomic E-state index is 11.0. The summed E-state index contributed by atoms with van der Waals surface area (Å²) in [7, 11) is 2.65. The highest BCUT2D eigenvalue weighted by Crippen LogP contribution is 2.15. The van der Waals surface area contributed by atoms with Crippen molar-refractivity contribution in [2.75, 3.05) is 0 Å². The average molecular weight is 197 g/mol. The maximum absolute atomic E-state index is 11.0. The predicted molar refractivity (Wildman–Crippen MR) is 56.5 cm³/mol. The third kappa shape index (κ3) is 1.19. The number of aromatic nitrogens is 1. The summed E-state index contributed by atoms with van der Waals surface area (Å²) in [6.07, 6.45) is 0. The Labute approximate surface area is 75.8 Å². The van der Waals surface area contributed by atoms with Gasteiger partial charge >= 0.3 is 4.87 Å². The second-order valence-corrected chi connectivity index (χ2v) is 4.36. The van der Waals surface area contributed by atoms with Crippen molar-refractivity contribution in [3.63, 3.8) is 0 Å². The molecule has 0 fully saturated rings. The van der Waals surface area contributed by atoms with Gasteiger partial charge in [-0.3, -0.25) is 4.79 Å². The first kappa shape index (κ1) is 7.96. The van der Waals surface area contributed by atoms with Crippen molar-refractivity contribution in [1.82, 2.24) is 4.98 Å². The molecule has 2 aromatic rings. The van der Waals surface area contributed by atoms with Crippen molar-refractivity contribution in [1.29, 1.82) is 0 Å². The number of H-pyrrole nitrogens is 1. The number of thiazole rings is 1. The van der Waals surface area contributed by atoms with Gasteiger partial charge in [0.25, 0.3) is 0 Å². The molecule has 1 N–H and O–H groups in total. The van der Waals surface area contributed by atoms with Gasteiger partial charge < -0.3 is 4.98 Å².